The fourth-order valence-electron chi connectivity index (χ4n) is 2.31. The Morgan fingerprint density at radius 1 is 0.957 bits per heavy atom. The average molecular weight is 342 g/mol. The van der Waals surface area contributed by atoms with E-state index in [9.17, 15) is 4.79 Å². The van der Waals surface area contributed by atoms with Gasteiger partial charge in [0.2, 0.25) is 5.91 Å². The minimum absolute atomic E-state index is 0.215. The standard InChI is InChI=1S/C19H13Cl2NO/c20-15-10-8-14(17(21)12-15)9-11-19(23)22-18-7-3-5-13-4-1-2-6-16(13)18/h1-12H,(H,22,23). The molecule has 114 valence electrons. The predicted molar refractivity (Wildman–Crippen MR) is 98.1 cm³/mol. The van der Waals surface area contributed by atoms with Crippen molar-refractivity contribution in [3.8, 4) is 0 Å². The zero-order valence-electron chi connectivity index (χ0n) is 12.1. The normalized spacial score (nSPS) is 11.0. The summed E-state index contributed by atoms with van der Waals surface area (Å²) in [6.45, 7) is 0. The maximum atomic E-state index is 12.1. The van der Waals surface area contributed by atoms with Crippen LogP contribution in [-0.4, -0.2) is 5.91 Å². The molecule has 23 heavy (non-hydrogen) atoms. The largest absolute Gasteiger partial charge is 0.322 e. The highest BCUT2D eigenvalue weighted by Crippen LogP contribution is 2.24. The molecule has 0 spiro atoms. The summed E-state index contributed by atoms with van der Waals surface area (Å²) >= 11 is 11.9. The molecule has 0 saturated heterocycles. The summed E-state index contributed by atoms with van der Waals surface area (Å²) in [6, 6.07) is 18.8. The van der Waals surface area contributed by atoms with Crippen molar-refractivity contribution in [2.45, 2.75) is 0 Å². The van der Waals surface area contributed by atoms with Gasteiger partial charge in [-0.25, -0.2) is 0 Å². The van der Waals surface area contributed by atoms with E-state index in [-0.39, 0.29) is 5.91 Å². The maximum absolute atomic E-state index is 12.1. The topological polar surface area (TPSA) is 29.1 Å². The number of benzene rings is 3. The van der Waals surface area contributed by atoms with Crippen molar-refractivity contribution in [2.75, 3.05) is 5.32 Å². The second kappa shape index (κ2) is 6.86. The van der Waals surface area contributed by atoms with E-state index in [2.05, 4.69) is 5.32 Å². The molecule has 0 heterocycles. The average Bonchev–Trinajstić information content (AvgIpc) is 2.54. The number of rotatable bonds is 3. The summed E-state index contributed by atoms with van der Waals surface area (Å²) in [7, 11) is 0. The Hall–Kier alpha value is -2.29. The van der Waals surface area contributed by atoms with Crippen LogP contribution in [-0.2, 0) is 4.79 Å². The van der Waals surface area contributed by atoms with Gasteiger partial charge in [-0.3, -0.25) is 4.79 Å². The van der Waals surface area contributed by atoms with Gasteiger partial charge in [-0.1, -0.05) is 65.7 Å². The van der Waals surface area contributed by atoms with Crippen molar-refractivity contribution in [2.24, 2.45) is 0 Å². The summed E-state index contributed by atoms with van der Waals surface area (Å²) in [5.41, 5.74) is 1.52. The molecule has 0 aromatic heterocycles. The van der Waals surface area contributed by atoms with Gasteiger partial charge >= 0.3 is 0 Å². The monoisotopic (exact) mass is 341 g/mol. The van der Waals surface area contributed by atoms with Gasteiger partial charge < -0.3 is 5.32 Å². The number of hydrogen-bond donors (Lipinski definition) is 1. The van der Waals surface area contributed by atoms with Crippen LogP contribution < -0.4 is 5.32 Å². The van der Waals surface area contributed by atoms with Crippen LogP contribution in [0.25, 0.3) is 16.8 Å². The molecule has 0 fully saturated rings. The molecular formula is C19H13Cl2NO. The molecule has 0 aliphatic carbocycles. The molecule has 1 amide bonds. The molecule has 0 radical (unpaired) electrons. The third kappa shape index (κ3) is 3.73. The summed E-state index contributed by atoms with van der Waals surface area (Å²) in [5.74, 6) is -0.215. The van der Waals surface area contributed by atoms with Crippen molar-refractivity contribution in [1.29, 1.82) is 0 Å². The second-order valence-electron chi connectivity index (χ2n) is 5.02. The lowest BCUT2D eigenvalue weighted by Gasteiger charge is -2.06. The molecular weight excluding hydrogens is 329 g/mol. The Morgan fingerprint density at radius 2 is 1.74 bits per heavy atom. The number of hydrogen-bond acceptors (Lipinski definition) is 1. The van der Waals surface area contributed by atoms with E-state index in [0.29, 0.717) is 10.0 Å². The summed E-state index contributed by atoms with van der Waals surface area (Å²) in [5, 5.41) is 6.04. The number of carbonyl (C=O) groups excluding carboxylic acids is 1. The molecule has 1 N–H and O–H groups in total. The summed E-state index contributed by atoms with van der Waals surface area (Å²) < 4.78 is 0. The fourth-order valence-corrected chi connectivity index (χ4v) is 2.78. The Bertz CT molecular complexity index is 898. The van der Waals surface area contributed by atoms with Crippen molar-refractivity contribution in [3.63, 3.8) is 0 Å². The van der Waals surface area contributed by atoms with E-state index in [1.165, 1.54) is 6.08 Å². The number of anilines is 1. The van der Waals surface area contributed by atoms with E-state index in [4.69, 9.17) is 23.2 Å². The molecule has 3 aromatic carbocycles. The third-order valence-electron chi connectivity index (χ3n) is 3.42. The van der Waals surface area contributed by atoms with Crippen LogP contribution in [0.4, 0.5) is 5.69 Å². The fraction of sp³-hybridized carbons (Fsp3) is 0. The van der Waals surface area contributed by atoms with Crippen LogP contribution in [0.2, 0.25) is 10.0 Å². The molecule has 0 atom stereocenters. The van der Waals surface area contributed by atoms with Gasteiger partial charge in [0.1, 0.15) is 0 Å². The van der Waals surface area contributed by atoms with Crippen LogP contribution >= 0.6 is 23.2 Å². The summed E-state index contributed by atoms with van der Waals surface area (Å²) in [6.07, 6.45) is 3.12. The zero-order chi connectivity index (χ0) is 16.2. The number of carbonyl (C=O) groups is 1. The lowest BCUT2D eigenvalue weighted by molar-refractivity contribution is -0.111. The second-order valence-corrected chi connectivity index (χ2v) is 5.86. The van der Waals surface area contributed by atoms with Crippen LogP contribution in [0, 0.1) is 0 Å². The van der Waals surface area contributed by atoms with Crippen LogP contribution in [0.1, 0.15) is 5.56 Å². The molecule has 0 aliphatic heterocycles. The molecule has 4 heteroatoms. The van der Waals surface area contributed by atoms with E-state index < -0.39 is 0 Å². The first-order valence-corrected chi connectivity index (χ1v) is 7.81. The molecule has 0 bridgehead atoms. The highest BCUT2D eigenvalue weighted by molar-refractivity contribution is 6.35. The highest BCUT2D eigenvalue weighted by Gasteiger charge is 2.03. The van der Waals surface area contributed by atoms with E-state index >= 15 is 0 Å². The van der Waals surface area contributed by atoms with E-state index in [0.717, 1.165) is 22.0 Å². The van der Waals surface area contributed by atoms with Crippen molar-refractivity contribution >= 4 is 51.6 Å². The number of amides is 1. The first-order chi connectivity index (χ1) is 11.1. The summed E-state index contributed by atoms with van der Waals surface area (Å²) in [4.78, 5) is 12.1. The Balaban J connectivity index is 1.80. The molecule has 0 aliphatic rings. The van der Waals surface area contributed by atoms with Crippen molar-refractivity contribution < 1.29 is 4.79 Å². The minimum atomic E-state index is -0.215. The van der Waals surface area contributed by atoms with Gasteiger partial charge in [-0.15, -0.1) is 0 Å². The zero-order valence-corrected chi connectivity index (χ0v) is 13.6. The van der Waals surface area contributed by atoms with Crippen LogP contribution in [0.15, 0.2) is 66.7 Å². The Kier molecular flexibility index (Phi) is 4.65. The third-order valence-corrected chi connectivity index (χ3v) is 3.99. The van der Waals surface area contributed by atoms with Crippen LogP contribution in [0.5, 0.6) is 0 Å². The highest BCUT2D eigenvalue weighted by atomic mass is 35.5. The SMILES string of the molecule is O=C(C=Cc1ccc(Cl)cc1Cl)Nc1cccc2ccccc12. The van der Waals surface area contributed by atoms with E-state index in [1.807, 2.05) is 42.5 Å². The number of nitrogens with one attached hydrogen (secondary N) is 1. The lowest BCUT2D eigenvalue weighted by Crippen LogP contribution is -2.08. The maximum Gasteiger partial charge on any atom is 0.248 e. The lowest BCUT2D eigenvalue weighted by atomic mass is 10.1. The first-order valence-electron chi connectivity index (χ1n) is 7.05. The van der Waals surface area contributed by atoms with Crippen LogP contribution in [0.3, 0.4) is 0 Å². The predicted octanol–water partition coefficient (Wildman–Crippen LogP) is 5.80. The van der Waals surface area contributed by atoms with Crippen molar-refractivity contribution in [1.82, 2.24) is 0 Å². The first kappa shape index (κ1) is 15.6. The Labute approximate surface area is 144 Å². The molecule has 3 rings (SSSR count). The number of halogens is 2. The van der Waals surface area contributed by atoms with E-state index in [1.54, 1.807) is 24.3 Å². The Morgan fingerprint density at radius 3 is 2.57 bits per heavy atom. The van der Waals surface area contributed by atoms with Gasteiger partial charge in [0.05, 0.1) is 0 Å². The molecule has 0 saturated carbocycles. The van der Waals surface area contributed by atoms with Gasteiger partial charge in [0, 0.05) is 27.2 Å². The number of fused-ring (bicyclic) bond motifs is 1. The minimum Gasteiger partial charge on any atom is -0.322 e. The smallest absolute Gasteiger partial charge is 0.248 e. The van der Waals surface area contributed by atoms with Gasteiger partial charge in [-0.05, 0) is 35.2 Å². The molecule has 2 nitrogen and oxygen atoms in total. The van der Waals surface area contributed by atoms with Gasteiger partial charge in [0.25, 0.3) is 0 Å². The van der Waals surface area contributed by atoms with Gasteiger partial charge in [-0.2, -0.15) is 0 Å². The molecule has 3 aromatic rings. The molecule has 0 unspecified atom stereocenters. The van der Waals surface area contributed by atoms with Gasteiger partial charge in [0.15, 0.2) is 0 Å². The van der Waals surface area contributed by atoms with Crippen molar-refractivity contribution in [3.05, 3.63) is 82.3 Å². The quantitative estimate of drug-likeness (QED) is 0.599.